The summed E-state index contributed by atoms with van der Waals surface area (Å²) in [4.78, 5) is 6.96. The maximum atomic E-state index is 5.80. The van der Waals surface area contributed by atoms with Crippen molar-refractivity contribution in [3.05, 3.63) is 59.5 Å². The van der Waals surface area contributed by atoms with E-state index in [1.807, 2.05) is 12.5 Å². The highest BCUT2D eigenvalue weighted by atomic mass is 16.5. The number of pyridine rings is 1. The van der Waals surface area contributed by atoms with E-state index < -0.39 is 0 Å². The highest BCUT2D eigenvalue weighted by Crippen LogP contribution is 2.32. The second kappa shape index (κ2) is 7.12. The van der Waals surface area contributed by atoms with Gasteiger partial charge < -0.3 is 14.1 Å². The highest BCUT2D eigenvalue weighted by Gasteiger charge is 2.16. The van der Waals surface area contributed by atoms with Crippen molar-refractivity contribution in [1.82, 2.24) is 4.98 Å². The number of nitrogens with zero attached hydrogens (tertiary/aromatic N) is 2. The normalized spacial score (nSPS) is 16.4. The molecule has 1 aromatic carbocycles. The molecule has 0 bridgehead atoms. The van der Waals surface area contributed by atoms with Gasteiger partial charge in [0.05, 0.1) is 19.5 Å². The molecule has 4 nitrogen and oxygen atoms in total. The largest absolute Gasteiger partial charge is 0.464 e. The Bertz CT molecular complexity index is 877. The van der Waals surface area contributed by atoms with Crippen LogP contribution in [-0.2, 0) is 4.74 Å². The Morgan fingerprint density at radius 2 is 1.77 bits per heavy atom. The van der Waals surface area contributed by atoms with Crippen LogP contribution in [0.5, 0.6) is 0 Å². The standard InChI is InChI=1S/C22H26N2O2/c1-15(2)20-14-26-21-12-17(4-6-19(20)21)16(3)18-5-7-22(23-13-18)24-8-10-25-11-9-24/h4-7,12-16H,8-11H2,1-3H3. The SMILES string of the molecule is CC(C)c1coc2cc(C(C)c3ccc(N4CCOCC4)nc3)ccc12. The smallest absolute Gasteiger partial charge is 0.134 e. The van der Waals surface area contributed by atoms with Gasteiger partial charge in [-0.2, -0.15) is 0 Å². The van der Waals surface area contributed by atoms with E-state index in [-0.39, 0.29) is 5.92 Å². The number of morpholine rings is 1. The summed E-state index contributed by atoms with van der Waals surface area (Å²) in [6.07, 6.45) is 3.89. The predicted octanol–water partition coefficient (Wildman–Crippen LogP) is 4.94. The van der Waals surface area contributed by atoms with E-state index in [4.69, 9.17) is 9.15 Å². The summed E-state index contributed by atoms with van der Waals surface area (Å²) in [5.41, 5.74) is 4.71. The minimum absolute atomic E-state index is 0.276. The zero-order chi connectivity index (χ0) is 18.1. The summed E-state index contributed by atoms with van der Waals surface area (Å²) in [6, 6.07) is 10.9. The molecule has 1 unspecified atom stereocenters. The first-order valence-electron chi connectivity index (χ1n) is 9.43. The van der Waals surface area contributed by atoms with Crippen molar-refractivity contribution in [2.45, 2.75) is 32.6 Å². The quantitative estimate of drug-likeness (QED) is 0.668. The zero-order valence-corrected chi connectivity index (χ0v) is 15.7. The fraction of sp³-hybridized carbons (Fsp3) is 0.409. The lowest BCUT2D eigenvalue weighted by atomic mass is 9.93. The summed E-state index contributed by atoms with van der Waals surface area (Å²) in [5, 5.41) is 1.22. The second-order valence-electron chi connectivity index (χ2n) is 7.37. The summed E-state index contributed by atoms with van der Waals surface area (Å²) in [5.74, 6) is 1.78. The van der Waals surface area contributed by atoms with E-state index in [2.05, 4.69) is 61.0 Å². The lowest BCUT2D eigenvalue weighted by Gasteiger charge is -2.28. The molecule has 4 rings (SSSR count). The van der Waals surface area contributed by atoms with Crippen LogP contribution in [0.4, 0.5) is 5.82 Å². The molecule has 1 aliphatic rings. The fourth-order valence-electron chi connectivity index (χ4n) is 3.61. The summed E-state index contributed by atoms with van der Waals surface area (Å²) in [7, 11) is 0. The van der Waals surface area contributed by atoms with Crippen LogP contribution in [-0.4, -0.2) is 31.3 Å². The van der Waals surface area contributed by atoms with Gasteiger partial charge in [0, 0.05) is 36.2 Å². The Labute approximate surface area is 154 Å². The van der Waals surface area contributed by atoms with Gasteiger partial charge in [0.1, 0.15) is 11.4 Å². The molecule has 1 fully saturated rings. The minimum atomic E-state index is 0.276. The average Bonchev–Trinajstić information content (AvgIpc) is 3.12. The van der Waals surface area contributed by atoms with Gasteiger partial charge >= 0.3 is 0 Å². The minimum Gasteiger partial charge on any atom is -0.464 e. The van der Waals surface area contributed by atoms with Gasteiger partial charge in [0.2, 0.25) is 0 Å². The number of hydrogen-bond donors (Lipinski definition) is 0. The fourth-order valence-corrected chi connectivity index (χ4v) is 3.61. The van der Waals surface area contributed by atoms with E-state index in [9.17, 15) is 0 Å². The Morgan fingerprint density at radius 1 is 1.00 bits per heavy atom. The highest BCUT2D eigenvalue weighted by molar-refractivity contribution is 5.82. The second-order valence-corrected chi connectivity index (χ2v) is 7.37. The van der Waals surface area contributed by atoms with E-state index >= 15 is 0 Å². The van der Waals surface area contributed by atoms with Crippen LogP contribution >= 0.6 is 0 Å². The molecule has 0 amide bonds. The van der Waals surface area contributed by atoms with Gasteiger partial charge in [-0.25, -0.2) is 4.98 Å². The van der Waals surface area contributed by atoms with Crippen LogP contribution in [0.15, 0.2) is 47.2 Å². The first-order chi connectivity index (χ1) is 12.6. The van der Waals surface area contributed by atoms with Crippen molar-refractivity contribution in [2.75, 3.05) is 31.2 Å². The van der Waals surface area contributed by atoms with Crippen LogP contribution in [0, 0.1) is 0 Å². The number of aromatic nitrogens is 1. The van der Waals surface area contributed by atoms with Gasteiger partial charge in [-0.15, -0.1) is 0 Å². The third-order valence-electron chi connectivity index (χ3n) is 5.36. The lowest BCUT2D eigenvalue weighted by molar-refractivity contribution is 0.122. The third kappa shape index (κ3) is 3.21. The number of benzene rings is 1. The van der Waals surface area contributed by atoms with E-state index in [1.165, 1.54) is 22.1 Å². The van der Waals surface area contributed by atoms with Crippen LogP contribution in [0.2, 0.25) is 0 Å². The van der Waals surface area contributed by atoms with Gasteiger partial charge in [-0.1, -0.05) is 39.0 Å². The number of anilines is 1. The molecular weight excluding hydrogens is 324 g/mol. The van der Waals surface area contributed by atoms with Crippen molar-refractivity contribution >= 4 is 16.8 Å². The maximum absolute atomic E-state index is 5.80. The molecule has 1 saturated heterocycles. The maximum Gasteiger partial charge on any atom is 0.134 e. The van der Waals surface area contributed by atoms with E-state index in [0.717, 1.165) is 37.7 Å². The Hall–Kier alpha value is -2.33. The number of fused-ring (bicyclic) bond motifs is 1. The molecule has 4 heteroatoms. The molecule has 1 aliphatic heterocycles. The summed E-state index contributed by atoms with van der Waals surface area (Å²) < 4.78 is 11.2. The van der Waals surface area contributed by atoms with Gasteiger partial charge in [0.25, 0.3) is 0 Å². The monoisotopic (exact) mass is 350 g/mol. The molecule has 3 heterocycles. The van der Waals surface area contributed by atoms with Gasteiger partial charge in [-0.3, -0.25) is 0 Å². The Kier molecular flexibility index (Phi) is 4.68. The van der Waals surface area contributed by atoms with Crippen molar-refractivity contribution in [3.8, 4) is 0 Å². The lowest BCUT2D eigenvalue weighted by Crippen LogP contribution is -2.36. The van der Waals surface area contributed by atoms with Gasteiger partial charge in [0.15, 0.2) is 0 Å². The molecule has 0 aliphatic carbocycles. The topological polar surface area (TPSA) is 38.5 Å². The number of rotatable bonds is 4. The number of ether oxygens (including phenoxy) is 1. The molecule has 136 valence electrons. The Morgan fingerprint density at radius 3 is 2.46 bits per heavy atom. The molecule has 0 spiro atoms. The average molecular weight is 350 g/mol. The van der Waals surface area contributed by atoms with E-state index in [1.54, 1.807) is 0 Å². The summed E-state index contributed by atoms with van der Waals surface area (Å²) >= 11 is 0. The van der Waals surface area contributed by atoms with Crippen LogP contribution in [0.25, 0.3) is 11.0 Å². The van der Waals surface area contributed by atoms with E-state index in [0.29, 0.717) is 5.92 Å². The molecular formula is C22H26N2O2. The van der Waals surface area contributed by atoms with Crippen molar-refractivity contribution in [1.29, 1.82) is 0 Å². The molecule has 3 aromatic rings. The van der Waals surface area contributed by atoms with Crippen LogP contribution in [0.3, 0.4) is 0 Å². The first kappa shape index (κ1) is 17.1. The molecule has 2 aromatic heterocycles. The number of furan rings is 1. The first-order valence-corrected chi connectivity index (χ1v) is 9.43. The van der Waals surface area contributed by atoms with Crippen molar-refractivity contribution in [2.24, 2.45) is 0 Å². The van der Waals surface area contributed by atoms with Crippen LogP contribution in [0.1, 0.15) is 49.3 Å². The molecule has 0 radical (unpaired) electrons. The molecule has 0 N–H and O–H groups in total. The molecule has 0 saturated carbocycles. The zero-order valence-electron chi connectivity index (χ0n) is 15.7. The van der Waals surface area contributed by atoms with Gasteiger partial charge in [-0.05, 0) is 29.2 Å². The summed E-state index contributed by atoms with van der Waals surface area (Å²) in [6.45, 7) is 10.00. The third-order valence-corrected chi connectivity index (χ3v) is 5.36. The Balaban J connectivity index is 1.56. The predicted molar refractivity (Wildman–Crippen MR) is 105 cm³/mol. The van der Waals surface area contributed by atoms with Crippen molar-refractivity contribution < 1.29 is 9.15 Å². The number of hydrogen-bond acceptors (Lipinski definition) is 4. The van der Waals surface area contributed by atoms with Crippen molar-refractivity contribution in [3.63, 3.8) is 0 Å². The van der Waals surface area contributed by atoms with Crippen LogP contribution < -0.4 is 4.90 Å². The molecule has 26 heavy (non-hydrogen) atoms. The molecule has 1 atom stereocenters.